The fourth-order valence-electron chi connectivity index (χ4n) is 1.40. The SMILES string of the molecule is CC1N=CC=CN1c1ccccc1. The van der Waals surface area contributed by atoms with Gasteiger partial charge in [-0.1, -0.05) is 18.2 Å². The average Bonchev–Trinajstić information content (AvgIpc) is 2.20. The number of aliphatic imine (C=N–C) groups is 1. The second-order valence-electron chi connectivity index (χ2n) is 3.01. The molecule has 0 N–H and O–H groups in total. The molecule has 1 aromatic carbocycles. The minimum atomic E-state index is 0.201. The maximum atomic E-state index is 4.30. The smallest absolute Gasteiger partial charge is 0.122 e. The fraction of sp³-hybridized carbons (Fsp3) is 0.182. The number of allylic oxidation sites excluding steroid dienone is 1. The topological polar surface area (TPSA) is 15.6 Å². The first-order chi connectivity index (χ1) is 6.38. The number of para-hydroxylation sites is 1. The molecule has 0 saturated heterocycles. The molecule has 0 amide bonds. The molecule has 1 aliphatic rings. The lowest BCUT2D eigenvalue weighted by molar-refractivity contribution is 0.745. The first-order valence-electron chi connectivity index (χ1n) is 4.41. The summed E-state index contributed by atoms with van der Waals surface area (Å²) in [5, 5.41) is 0. The fourth-order valence-corrected chi connectivity index (χ4v) is 1.40. The number of anilines is 1. The molecule has 1 atom stereocenters. The van der Waals surface area contributed by atoms with Crippen LogP contribution in [0.5, 0.6) is 0 Å². The average molecular weight is 172 g/mol. The summed E-state index contributed by atoms with van der Waals surface area (Å²) in [4.78, 5) is 6.44. The highest BCUT2D eigenvalue weighted by Crippen LogP contribution is 2.18. The molecule has 1 heterocycles. The van der Waals surface area contributed by atoms with Gasteiger partial charge in [0.25, 0.3) is 0 Å². The van der Waals surface area contributed by atoms with Gasteiger partial charge in [0, 0.05) is 18.1 Å². The van der Waals surface area contributed by atoms with Crippen molar-refractivity contribution >= 4 is 11.9 Å². The van der Waals surface area contributed by atoms with E-state index in [0.29, 0.717) is 0 Å². The van der Waals surface area contributed by atoms with Crippen molar-refractivity contribution in [2.75, 3.05) is 4.90 Å². The van der Waals surface area contributed by atoms with Crippen molar-refractivity contribution in [1.82, 2.24) is 0 Å². The van der Waals surface area contributed by atoms with Gasteiger partial charge in [-0.25, -0.2) is 0 Å². The molecule has 0 saturated carbocycles. The molecule has 1 aromatic rings. The van der Waals surface area contributed by atoms with E-state index in [1.54, 1.807) is 0 Å². The van der Waals surface area contributed by atoms with Crippen LogP contribution >= 0.6 is 0 Å². The van der Waals surface area contributed by atoms with Crippen LogP contribution in [0.2, 0.25) is 0 Å². The molecule has 2 rings (SSSR count). The first-order valence-corrected chi connectivity index (χ1v) is 4.41. The van der Waals surface area contributed by atoms with Gasteiger partial charge >= 0.3 is 0 Å². The number of hydrogen-bond acceptors (Lipinski definition) is 2. The van der Waals surface area contributed by atoms with Crippen LogP contribution in [0, 0.1) is 0 Å². The predicted molar refractivity (Wildman–Crippen MR) is 56.0 cm³/mol. The second kappa shape index (κ2) is 3.44. The molecule has 1 unspecified atom stereocenters. The molecule has 1 aliphatic heterocycles. The summed E-state index contributed by atoms with van der Waals surface area (Å²) in [6.45, 7) is 2.08. The number of hydrogen-bond donors (Lipinski definition) is 0. The number of rotatable bonds is 1. The molecule has 66 valence electrons. The number of nitrogens with zero attached hydrogens (tertiary/aromatic N) is 2. The Bertz CT molecular complexity index is 327. The van der Waals surface area contributed by atoms with E-state index >= 15 is 0 Å². The van der Waals surface area contributed by atoms with Gasteiger partial charge in [-0.2, -0.15) is 0 Å². The van der Waals surface area contributed by atoms with E-state index in [2.05, 4.69) is 28.9 Å². The zero-order valence-electron chi connectivity index (χ0n) is 7.59. The van der Waals surface area contributed by atoms with Crippen LogP contribution in [-0.2, 0) is 0 Å². The monoisotopic (exact) mass is 172 g/mol. The van der Waals surface area contributed by atoms with E-state index in [0.717, 1.165) is 0 Å². The van der Waals surface area contributed by atoms with Gasteiger partial charge in [0.1, 0.15) is 6.17 Å². The molecule has 13 heavy (non-hydrogen) atoms. The Hall–Kier alpha value is -1.57. The summed E-state index contributed by atoms with van der Waals surface area (Å²) in [5.74, 6) is 0. The minimum absolute atomic E-state index is 0.201. The largest absolute Gasteiger partial charge is 0.326 e. The van der Waals surface area contributed by atoms with Gasteiger partial charge in [-0.15, -0.1) is 0 Å². The Balaban J connectivity index is 2.27. The minimum Gasteiger partial charge on any atom is -0.326 e. The lowest BCUT2D eigenvalue weighted by atomic mass is 10.2. The van der Waals surface area contributed by atoms with Crippen molar-refractivity contribution in [3.8, 4) is 0 Å². The lowest BCUT2D eigenvalue weighted by Crippen LogP contribution is -2.27. The van der Waals surface area contributed by atoms with Crippen molar-refractivity contribution in [2.24, 2.45) is 4.99 Å². The van der Waals surface area contributed by atoms with Crippen molar-refractivity contribution < 1.29 is 0 Å². The molecule has 0 radical (unpaired) electrons. The third-order valence-corrected chi connectivity index (χ3v) is 2.09. The van der Waals surface area contributed by atoms with Gasteiger partial charge in [0.05, 0.1) is 0 Å². The highest BCUT2D eigenvalue weighted by atomic mass is 15.2. The predicted octanol–water partition coefficient (Wildman–Crippen LogP) is 2.44. The molecular weight excluding hydrogens is 160 g/mol. The second-order valence-corrected chi connectivity index (χ2v) is 3.01. The third-order valence-electron chi connectivity index (χ3n) is 2.09. The van der Waals surface area contributed by atoms with Crippen LogP contribution in [-0.4, -0.2) is 12.4 Å². The van der Waals surface area contributed by atoms with Crippen molar-refractivity contribution in [2.45, 2.75) is 13.1 Å². The molecule has 0 aromatic heterocycles. The zero-order chi connectivity index (χ0) is 9.10. The Morgan fingerprint density at radius 2 is 2.00 bits per heavy atom. The first kappa shape index (κ1) is 8.05. The van der Waals surface area contributed by atoms with Crippen LogP contribution in [0.4, 0.5) is 5.69 Å². The number of benzene rings is 1. The van der Waals surface area contributed by atoms with Gasteiger partial charge < -0.3 is 4.90 Å². The lowest BCUT2D eigenvalue weighted by Gasteiger charge is -2.26. The summed E-state index contributed by atoms with van der Waals surface area (Å²) in [6, 6.07) is 10.3. The molecular formula is C11H12N2. The molecule has 0 fully saturated rings. The Morgan fingerprint density at radius 3 is 2.69 bits per heavy atom. The maximum absolute atomic E-state index is 4.30. The normalized spacial score (nSPS) is 20.7. The van der Waals surface area contributed by atoms with E-state index in [1.165, 1.54) is 5.69 Å². The van der Waals surface area contributed by atoms with Crippen LogP contribution in [0.15, 0.2) is 47.6 Å². The zero-order valence-corrected chi connectivity index (χ0v) is 7.59. The van der Waals surface area contributed by atoms with Crippen LogP contribution in [0.1, 0.15) is 6.92 Å². The summed E-state index contributed by atoms with van der Waals surface area (Å²) >= 11 is 0. The molecule has 0 aliphatic carbocycles. The molecule has 0 bridgehead atoms. The molecule has 2 heteroatoms. The molecule has 2 nitrogen and oxygen atoms in total. The van der Waals surface area contributed by atoms with Crippen molar-refractivity contribution in [3.05, 3.63) is 42.6 Å². The quantitative estimate of drug-likeness (QED) is 0.635. The third kappa shape index (κ3) is 1.61. The summed E-state index contributed by atoms with van der Waals surface area (Å²) in [5.41, 5.74) is 1.18. The van der Waals surface area contributed by atoms with Crippen molar-refractivity contribution in [1.29, 1.82) is 0 Å². The van der Waals surface area contributed by atoms with Crippen LogP contribution in [0.25, 0.3) is 0 Å². The summed E-state index contributed by atoms with van der Waals surface area (Å²) < 4.78 is 0. The van der Waals surface area contributed by atoms with Crippen LogP contribution in [0.3, 0.4) is 0 Å². The Kier molecular flexibility index (Phi) is 2.13. The van der Waals surface area contributed by atoms with Gasteiger partial charge in [-0.3, -0.25) is 4.99 Å². The van der Waals surface area contributed by atoms with E-state index in [-0.39, 0.29) is 6.17 Å². The van der Waals surface area contributed by atoms with E-state index in [1.807, 2.05) is 36.7 Å². The standard InChI is InChI=1S/C11H12N2/c1-10-12-8-5-9-13(10)11-6-3-2-4-7-11/h2-10H,1H3. The van der Waals surface area contributed by atoms with Crippen molar-refractivity contribution in [3.63, 3.8) is 0 Å². The highest BCUT2D eigenvalue weighted by molar-refractivity contribution is 5.74. The Morgan fingerprint density at radius 1 is 1.23 bits per heavy atom. The van der Waals surface area contributed by atoms with E-state index in [4.69, 9.17) is 0 Å². The van der Waals surface area contributed by atoms with E-state index in [9.17, 15) is 0 Å². The summed E-state index contributed by atoms with van der Waals surface area (Å²) in [6.07, 6.45) is 6.04. The summed E-state index contributed by atoms with van der Waals surface area (Å²) in [7, 11) is 0. The van der Waals surface area contributed by atoms with Gasteiger partial charge in [0.15, 0.2) is 0 Å². The van der Waals surface area contributed by atoms with E-state index < -0.39 is 0 Å². The highest BCUT2D eigenvalue weighted by Gasteiger charge is 2.10. The Labute approximate surface area is 78.2 Å². The van der Waals surface area contributed by atoms with Gasteiger partial charge in [-0.05, 0) is 25.1 Å². The van der Waals surface area contributed by atoms with Gasteiger partial charge in [0.2, 0.25) is 0 Å². The molecule has 0 spiro atoms. The van der Waals surface area contributed by atoms with Crippen LogP contribution < -0.4 is 4.90 Å². The maximum Gasteiger partial charge on any atom is 0.122 e.